The highest BCUT2D eigenvalue weighted by Crippen LogP contribution is 2.35. The minimum absolute atomic E-state index is 0.0201. The molecule has 1 aliphatic carbocycles. The lowest BCUT2D eigenvalue weighted by molar-refractivity contribution is 0.306. The SMILES string of the molecule is CCC1CCCC(c2nc(C)c(I)c(=O)[nH]2)C1. The number of rotatable bonds is 2. The first-order valence-electron chi connectivity index (χ1n) is 6.38. The van der Waals surface area contributed by atoms with Gasteiger partial charge in [-0.15, -0.1) is 0 Å². The molecule has 2 atom stereocenters. The molecule has 3 nitrogen and oxygen atoms in total. The molecule has 4 heteroatoms. The third-order valence-electron chi connectivity index (χ3n) is 3.79. The Kier molecular flexibility index (Phi) is 4.22. The Labute approximate surface area is 116 Å². The van der Waals surface area contributed by atoms with Crippen molar-refractivity contribution in [2.75, 3.05) is 0 Å². The van der Waals surface area contributed by atoms with Gasteiger partial charge in [0, 0.05) is 5.92 Å². The highest BCUT2D eigenvalue weighted by atomic mass is 127. The summed E-state index contributed by atoms with van der Waals surface area (Å²) in [6, 6.07) is 0. The van der Waals surface area contributed by atoms with Crippen LogP contribution in [0.1, 0.15) is 56.5 Å². The largest absolute Gasteiger partial charge is 0.309 e. The van der Waals surface area contributed by atoms with E-state index in [4.69, 9.17) is 0 Å². The van der Waals surface area contributed by atoms with E-state index >= 15 is 0 Å². The van der Waals surface area contributed by atoms with Crippen LogP contribution in [0.3, 0.4) is 0 Å². The second kappa shape index (κ2) is 5.50. The van der Waals surface area contributed by atoms with Crippen LogP contribution in [0.25, 0.3) is 0 Å². The Morgan fingerprint density at radius 1 is 1.47 bits per heavy atom. The Bertz CT molecular complexity index is 455. The molecule has 1 aliphatic rings. The summed E-state index contributed by atoms with van der Waals surface area (Å²) in [5, 5.41) is 0. The van der Waals surface area contributed by atoms with Crippen LogP contribution in [0.15, 0.2) is 4.79 Å². The number of hydrogen-bond donors (Lipinski definition) is 1. The van der Waals surface area contributed by atoms with Crippen molar-refractivity contribution in [1.29, 1.82) is 0 Å². The second-order valence-electron chi connectivity index (χ2n) is 4.99. The van der Waals surface area contributed by atoms with Crippen molar-refractivity contribution in [1.82, 2.24) is 9.97 Å². The zero-order valence-corrected chi connectivity index (χ0v) is 12.6. The molecular weight excluding hydrogens is 327 g/mol. The molecule has 1 aromatic rings. The van der Waals surface area contributed by atoms with Crippen molar-refractivity contribution >= 4 is 22.6 Å². The van der Waals surface area contributed by atoms with Gasteiger partial charge in [0.1, 0.15) is 5.82 Å². The van der Waals surface area contributed by atoms with E-state index in [9.17, 15) is 4.79 Å². The number of aryl methyl sites for hydroxylation is 1. The van der Waals surface area contributed by atoms with Gasteiger partial charge in [-0.1, -0.05) is 26.2 Å². The van der Waals surface area contributed by atoms with Crippen LogP contribution in [0.5, 0.6) is 0 Å². The van der Waals surface area contributed by atoms with Crippen molar-refractivity contribution in [2.24, 2.45) is 5.92 Å². The zero-order valence-electron chi connectivity index (χ0n) is 10.4. The van der Waals surface area contributed by atoms with Crippen LogP contribution in [-0.2, 0) is 0 Å². The van der Waals surface area contributed by atoms with Crippen LogP contribution < -0.4 is 5.56 Å². The average molecular weight is 346 g/mol. The van der Waals surface area contributed by atoms with E-state index < -0.39 is 0 Å². The zero-order chi connectivity index (χ0) is 12.4. The molecule has 0 bridgehead atoms. The normalized spacial score (nSPS) is 24.9. The van der Waals surface area contributed by atoms with E-state index in [0.717, 1.165) is 17.4 Å². The molecule has 0 amide bonds. The quantitative estimate of drug-likeness (QED) is 0.835. The van der Waals surface area contributed by atoms with E-state index in [1.165, 1.54) is 32.1 Å². The number of nitrogens with zero attached hydrogens (tertiary/aromatic N) is 1. The van der Waals surface area contributed by atoms with Crippen molar-refractivity contribution in [3.05, 3.63) is 25.4 Å². The molecule has 1 heterocycles. The number of H-pyrrole nitrogens is 1. The molecule has 1 fully saturated rings. The number of hydrogen-bond acceptors (Lipinski definition) is 2. The van der Waals surface area contributed by atoms with E-state index in [1.54, 1.807) is 0 Å². The van der Waals surface area contributed by atoms with Crippen molar-refractivity contribution in [3.8, 4) is 0 Å². The van der Waals surface area contributed by atoms with Gasteiger partial charge in [0.05, 0.1) is 9.26 Å². The Balaban J connectivity index is 2.25. The Morgan fingerprint density at radius 3 is 2.88 bits per heavy atom. The summed E-state index contributed by atoms with van der Waals surface area (Å²) in [7, 11) is 0. The molecule has 2 unspecified atom stereocenters. The summed E-state index contributed by atoms with van der Waals surface area (Å²) in [6.45, 7) is 4.17. The van der Waals surface area contributed by atoms with Crippen LogP contribution >= 0.6 is 22.6 Å². The molecular formula is C13H19IN2O. The van der Waals surface area contributed by atoms with Gasteiger partial charge in [-0.05, 0) is 48.3 Å². The summed E-state index contributed by atoms with van der Waals surface area (Å²) in [5.74, 6) is 2.17. The highest BCUT2D eigenvalue weighted by molar-refractivity contribution is 14.1. The average Bonchev–Trinajstić information content (AvgIpc) is 2.35. The molecule has 2 rings (SSSR count). The third-order valence-corrected chi connectivity index (χ3v) is 5.06. The van der Waals surface area contributed by atoms with Gasteiger partial charge in [0.2, 0.25) is 0 Å². The van der Waals surface area contributed by atoms with E-state index in [1.807, 2.05) is 6.92 Å². The minimum Gasteiger partial charge on any atom is -0.309 e. The van der Waals surface area contributed by atoms with E-state index in [0.29, 0.717) is 9.49 Å². The summed E-state index contributed by atoms with van der Waals surface area (Å²) < 4.78 is 0.717. The summed E-state index contributed by atoms with van der Waals surface area (Å²) in [5.41, 5.74) is 0.884. The lowest BCUT2D eigenvalue weighted by Gasteiger charge is -2.27. The fourth-order valence-corrected chi connectivity index (χ4v) is 2.95. The van der Waals surface area contributed by atoms with Gasteiger partial charge in [-0.2, -0.15) is 0 Å². The molecule has 0 aromatic carbocycles. The molecule has 94 valence electrons. The predicted octanol–water partition coefficient (Wildman–Crippen LogP) is 3.37. The van der Waals surface area contributed by atoms with Gasteiger partial charge >= 0.3 is 0 Å². The molecule has 0 aliphatic heterocycles. The van der Waals surface area contributed by atoms with Gasteiger partial charge in [0.15, 0.2) is 0 Å². The molecule has 0 spiro atoms. The lowest BCUT2D eigenvalue weighted by Crippen LogP contribution is -2.22. The van der Waals surface area contributed by atoms with Crippen molar-refractivity contribution in [2.45, 2.75) is 51.9 Å². The van der Waals surface area contributed by atoms with E-state index in [2.05, 4.69) is 39.5 Å². The number of aromatic amines is 1. The maximum absolute atomic E-state index is 11.8. The standard InChI is InChI=1S/C13H19IN2O/c1-3-9-5-4-6-10(7-9)12-15-8(2)11(14)13(17)16-12/h9-10H,3-7H2,1-2H3,(H,15,16,17). The summed E-state index contributed by atoms with van der Waals surface area (Å²) in [6.07, 6.45) is 6.18. The molecule has 1 saturated carbocycles. The highest BCUT2D eigenvalue weighted by Gasteiger charge is 2.24. The molecule has 17 heavy (non-hydrogen) atoms. The molecule has 1 aromatic heterocycles. The number of aromatic nitrogens is 2. The summed E-state index contributed by atoms with van der Waals surface area (Å²) >= 11 is 2.06. The van der Waals surface area contributed by atoms with Gasteiger partial charge in [-0.25, -0.2) is 4.98 Å². The fourth-order valence-electron chi connectivity index (χ4n) is 2.70. The lowest BCUT2D eigenvalue weighted by atomic mass is 9.80. The monoisotopic (exact) mass is 346 g/mol. The Morgan fingerprint density at radius 2 is 2.24 bits per heavy atom. The number of nitrogens with one attached hydrogen (secondary N) is 1. The van der Waals surface area contributed by atoms with Gasteiger partial charge in [0.25, 0.3) is 5.56 Å². The van der Waals surface area contributed by atoms with E-state index in [-0.39, 0.29) is 5.56 Å². The van der Waals surface area contributed by atoms with Crippen LogP contribution in [-0.4, -0.2) is 9.97 Å². The minimum atomic E-state index is 0.0201. The van der Waals surface area contributed by atoms with Gasteiger partial charge < -0.3 is 4.98 Å². The third kappa shape index (κ3) is 2.89. The van der Waals surface area contributed by atoms with Crippen LogP contribution in [0, 0.1) is 16.4 Å². The first-order valence-corrected chi connectivity index (χ1v) is 7.46. The fraction of sp³-hybridized carbons (Fsp3) is 0.692. The van der Waals surface area contributed by atoms with Crippen LogP contribution in [0.4, 0.5) is 0 Å². The van der Waals surface area contributed by atoms with Crippen LogP contribution in [0.2, 0.25) is 0 Å². The first-order chi connectivity index (χ1) is 8.11. The second-order valence-corrected chi connectivity index (χ2v) is 6.07. The van der Waals surface area contributed by atoms with Crippen molar-refractivity contribution in [3.63, 3.8) is 0 Å². The molecule has 0 radical (unpaired) electrons. The molecule has 1 N–H and O–H groups in total. The maximum Gasteiger partial charge on any atom is 0.264 e. The molecule has 0 saturated heterocycles. The predicted molar refractivity (Wildman–Crippen MR) is 77.3 cm³/mol. The first kappa shape index (κ1) is 13.1. The van der Waals surface area contributed by atoms with Crippen molar-refractivity contribution < 1.29 is 0 Å². The smallest absolute Gasteiger partial charge is 0.264 e. The summed E-state index contributed by atoms with van der Waals surface area (Å²) in [4.78, 5) is 19.3. The Hall–Kier alpha value is -0.390. The topological polar surface area (TPSA) is 45.8 Å². The van der Waals surface area contributed by atoms with Gasteiger partial charge in [-0.3, -0.25) is 4.79 Å². The number of halogens is 1. The maximum atomic E-state index is 11.8.